The van der Waals surface area contributed by atoms with Gasteiger partial charge in [-0.15, -0.1) is 11.3 Å². The van der Waals surface area contributed by atoms with Gasteiger partial charge in [0, 0.05) is 10.3 Å². The highest BCUT2D eigenvalue weighted by Crippen LogP contribution is 2.15. The normalized spacial score (nSPS) is 9.00. The zero-order valence-corrected chi connectivity index (χ0v) is 7.35. The van der Waals surface area contributed by atoms with Crippen LogP contribution in [-0.2, 0) is 11.2 Å². The molecule has 0 saturated carbocycles. The molecule has 1 aromatic heterocycles. The summed E-state index contributed by atoms with van der Waals surface area (Å²) in [5, 5.41) is 10.1. The van der Waals surface area contributed by atoms with Gasteiger partial charge in [-0.25, -0.2) is 4.79 Å². The van der Waals surface area contributed by atoms with Crippen molar-refractivity contribution < 1.29 is 9.53 Å². The summed E-state index contributed by atoms with van der Waals surface area (Å²) in [5.74, 6) is -0.351. The Balaban J connectivity index is 2.78. The van der Waals surface area contributed by atoms with Crippen molar-refractivity contribution in [2.45, 2.75) is 6.42 Å². The molecule has 1 aromatic rings. The molecule has 0 aliphatic rings. The average Bonchev–Trinajstić information content (AvgIpc) is 2.52. The summed E-state index contributed by atoms with van der Waals surface area (Å²) >= 11 is 1.39. The van der Waals surface area contributed by atoms with E-state index in [0.29, 0.717) is 12.0 Å². The number of hydrogen-bond donors (Lipinski definition) is 0. The molecule has 0 bridgehead atoms. The number of carbonyl (C=O) groups is 1. The van der Waals surface area contributed by atoms with E-state index in [1.165, 1.54) is 18.4 Å². The lowest BCUT2D eigenvalue weighted by atomic mass is 10.3. The van der Waals surface area contributed by atoms with Crippen LogP contribution in [0.15, 0.2) is 11.4 Å². The highest BCUT2D eigenvalue weighted by atomic mass is 32.1. The van der Waals surface area contributed by atoms with E-state index in [0.717, 1.165) is 4.88 Å². The zero-order valence-electron chi connectivity index (χ0n) is 6.53. The van der Waals surface area contributed by atoms with Gasteiger partial charge in [0.1, 0.15) is 0 Å². The quantitative estimate of drug-likeness (QED) is 0.651. The van der Waals surface area contributed by atoms with E-state index in [4.69, 9.17) is 5.26 Å². The lowest BCUT2D eigenvalue weighted by molar-refractivity contribution is 0.0601. The van der Waals surface area contributed by atoms with Crippen LogP contribution in [0.5, 0.6) is 0 Å². The first kappa shape index (κ1) is 8.75. The van der Waals surface area contributed by atoms with Crippen LogP contribution in [-0.4, -0.2) is 13.1 Å². The molecule has 12 heavy (non-hydrogen) atoms. The minimum atomic E-state index is -0.351. The summed E-state index contributed by atoms with van der Waals surface area (Å²) in [6.45, 7) is 0. The fraction of sp³-hybridized carbons (Fsp3) is 0.250. The molecule has 1 rings (SSSR count). The van der Waals surface area contributed by atoms with Crippen LogP contribution in [0.3, 0.4) is 0 Å². The largest absolute Gasteiger partial charge is 0.465 e. The van der Waals surface area contributed by atoms with Crippen molar-refractivity contribution in [2.75, 3.05) is 7.11 Å². The first-order valence-corrected chi connectivity index (χ1v) is 4.18. The summed E-state index contributed by atoms with van der Waals surface area (Å²) in [6, 6.07) is 3.69. The predicted molar refractivity (Wildman–Crippen MR) is 45.0 cm³/mol. The molecule has 1 heterocycles. The second kappa shape index (κ2) is 3.88. The van der Waals surface area contributed by atoms with E-state index in [9.17, 15) is 4.79 Å². The fourth-order valence-electron chi connectivity index (χ4n) is 0.776. The molecule has 0 aliphatic heterocycles. The van der Waals surface area contributed by atoms with Crippen LogP contribution >= 0.6 is 11.3 Å². The fourth-order valence-corrected chi connectivity index (χ4v) is 1.56. The maximum Gasteiger partial charge on any atom is 0.338 e. The Kier molecular flexibility index (Phi) is 2.83. The van der Waals surface area contributed by atoms with E-state index < -0.39 is 0 Å². The zero-order chi connectivity index (χ0) is 8.97. The number of nitrogens with zero attached hydrogens (tertiary/aromatic N) is 1. The molecule has 0 spiro atoms. The van der Waals surface area contributed by atoms with Crippen LogP contribution in [0.4, 0.5) is 0 Å². The Labute approximate surface area is 74.2 Å². The van der Waals surface area contributed by atoms with Crippen LogP contribution in [0.1, 0.15) is 15.2 Å². The second-order valence-electron chi connectivity index (χ2n) is 2.13. The summed E-state index contributed by atoms with van der Waals surface area (Å²) in [7, 11) is 1.34. The van der Waals surface area contributed by atoms with Gasteiger partial charge >= 0.3 is 5.97 Å². The molecule has 4 heteroatoms. The third-order valence-electron chi connectivity index (χ3n) is 1.33. The van der Waals surface area contributed by atoms with Crippen LogP contribution < -0.4 is 0 Å². The Morgan fingerprint density at radius 3 is 3.17 bits per heavy atom. The van der Waals surface area contributed by atoms with Crippen LogP contribution in [0.25, 0.3) is 0 Å². The van der Waals surface area contributed by atoms with Crippen molar-refractivity contribution in [3.05, 3.63) is 21.9 Å². The molecule has 3 nitrogen and oxygen atoms in total. The monoisotopic (exact) mass is 181 g/mol. The Hall–Kier alpha value is -1.34. The first-order valence-electron chi connectivity index (χ1n) is 3.30. The lowest BCUT2D eigenvalue weighted by Crippen LogP contribution is -1.98. The van der Waals surface area contributed by atoms with E-state index in [-0.39, 0.29) is 5.97 Å². The maximum atomic E-state index is 10.9. The van der Waals surface area contributed by atoms with Crippen molar-refractivity contribution in [1.29, 1.82) is 5.26 Å². The molecule has 0 aromatic carbocycles. The minimum absolute atomic E-state index is 0.349. The van der Waals surface area contributed by atoms with Crippen molar-refractivity contribution in [3.63, 3.8) is 0 Å². The van der Waals surface area contributed by atoms with E-state index in [1.54, 1.807) is 11.4 Å². The van der Waals surface area contributed by atoms with Gasteiger partial charge in [-0.3, -0.25) is 0 Å². The van der Waals surface area contributed by atoms with Crippen LogP contribution in [0.2, 0.25) is 0 Å². The molecule has 62 valence electrons. The van der Waals surface area contributed by atoms with Gasteiger partial charge in [0.15, 0.2) is 0 Å². The Morgan fingerprint density at radius 1 is 1.83 bits per heavy atom. The predicted octanol–water partition coefficient (Wildman–Crippen LogP) is 1.60. The topological polar surface area (TPSA) is 50.1 Å². The third kappa shape index (κ3) is 1.83. The smallest absolute Gasteiger partial charge is 0.338 e. The van der Waals surface area contributed by atoms with Gasteiger partial charge in [-0.2, -0.15) is 5.26 Å². The summed E-state index contributed by atoms with van der Waals surface area (Å²) < 4.78 is 4.51. The molecule has 0 unspecified atom stereocenters. The standard InChI is InChI=1S/C8H7NO2S/c1-11-8(10)6-4-7(2-3-9)12-5-6/h4-5H,2H2,1H3. The lowest BCUT2D eigenvalue weighted by Gasteiger charge is -1.91. The summed E-state index contributed by atoms with van der Waals surface area (Å²) in [4.78, 5) is 11.8. The molecule has 0 saturated heterocycles. The third-order valence-corrected chi connectivity index (χ3v) is 2.26. The van der Waals surface area contributed by atoms with E-state index in [2.05, 4.69) is 4.74 Å². The maximum absolute atomic E-state index is 10.9. The number of rotatable bonds is 2. The van der Waals surface area contributed by atoms with Gasteiger partial charge in [0.2, 0.25) is 0 Å². The Morgan fingerprint density at radius 2 is 2.58 bits per heavy atom. The molecular formula is C8H7NO2S. The number of thiophene rings is 1. The van der Waals surface area contributed by atoms with E-state index in [1.807, 2.05) is 6.07 Å². The Bertz CT molecular complexity index is 324. The SMILES string of the molecule is COC(=O)c1csc(CC#N)c1. The number of esters is 1. The number of ether oxygens (including phenoxy) is 1. The molecule has 0 radical (unpaired) electrons. The molecule has 0 amide bonds. The van der Waals surface area contributed by atoms with Crippen molar-refractivity contribution in [1.82, 2.24) is 0 Å². The molecule has 0 atom stereocenters. The number of nitriles is 1. The van der Waals surface area contributed by atoms with Crippen molar-refractivity contribution >= 4 is 17.3 Å². The molecule has 0 fully saturated rings. The second-order valence-corrected chi connectivity index (χ2v) is 3.12. The van der Waals surface area contributed by atoms with Gasteiger partial charge in [0.05, 0.1) is 25.2 Å². The minimum Gasteiger partial charge on any atom is -0.465 e. The average molecular weight is 181 g/mol. The number of hydrogen-bond acceptors (Lipinski definition) is 4. The highest BCUT2D eigenvalue weighted by Gasteiger charge is 2.07. The highest BCUT2D eigenvalue weighted by molar-refractivity contribution is 7.10. The molecular weight excluding hydrogens is 174 g/mol. The summed E-state index contributed by atoms with van der Waals surface area (Å²) in [5.41, 5.74) is 0.521. The van der Waals surface area contributed by atoms with Gasteiger partial charge in [-0.1, -0.05) is 0 Å². The van der Waals surface area contributed by atoms with Gasteiger partial charge in [-0.05, 0) is 6.07 Å². The van der Waals surface area contributed by atoms with Crippen molar-refractivity contribution in [2.24, 2.45) is 0 Å². The summed E-state index contributed by atoms with van der Waals surface area (Å²) in [6.07, 6.45) is 0.349. The van der Waals surface area contributed by atoms with Crippen molar-refractivity contribution in [3.8, 4) is 6.07 Å². The first-order chi connectivity index (χ1) is 5.77. The van der Waals surface area contributed by atoms with Gasteiger partial charge in [0.25, 0.3) is 0 Å². The molecule has 0 N–H and O–H groups in total. The van der Waals surface area contributed by atoms with Crippen LogP contribution in [0, 0.1) is 11.3 Å². The van der Waals surface area contributed by atoms with Gasteiger partial charge < -0.3 is 4.74 Å². The van der Waals surface area contributed by atoms with E-state index >= 15 is 0 Å². The number of methoxy groups -OCH3 is 1. The molecule has 0 aliphatic carbocycles. The number of carbonyl (C=O) groups excluding carboxylic acids is 1.